The number of nitrogens with zero attached hydrogens (tertiary/aromatic N) is 1. The van der Waals surface area contributed by atoms with E-state index in [0.717, 1.165) is 53.1 Å². The van der Waals surface area contributed by atoms with Crippen LogP contribution in [0.3, 0.4) is 0 Å². The van der Waals surface area contributed by atoms with Gasteiger partial charge in [-0.3, -0.25) is 10.2 Å². The van der Waals surface area contributed by atoms with E-state index in [1.165, 1.54) is 0 Å². The van der Waals surface area contributed by atoms with Crippen LogP contribution in [0.1, 0.15) is 45.8 Å². The summed E-state index contributed by atoms with van der Waals surface area (Å²) in [6.45, 7) is 3.78. The van der Waals surface area contributed by atoms with E-state index in [0.29, 0.717) is 16.5 Å². The lowest BCUT2D eigenvalue weighted by Crippen LogP contribution is -2.15. The van der Waals surface area contributed by atoms with Crippen molar-refractivity contribution < 1.29 is 9.21 Å². The van der Waals surface area contributed by atoms with E-state index in [9.17, 15) is 4.79 Å². The molecular formula is C23H22ClN3O2. The highest BCUT2D eigenvalue weighted by Gasteiger charge is 2.28. The summed E-state index contributed by atoms with van der Waals surface area (Å²) in [4.78, 5) is 12.9. The molecule has 148 valence electrons. The monoisotopic (exact) mass is 407 g/mol. The predicted molar refractivity (Wildman–Crippen MR) is 117 cm³/mol. The first kappa shape index (κ1) is 19.3. The second-order valence-corrected chi connectivity index (χ2v) is 7.52. The van der Waals surface area contributed by atoms with Crippen LogP contribution in [0.5, 0.6) is 0 Å². The van der Waals surface area contributed by atoms with Crippen LogP contribution in [0.25, 0.3) is 0 Å². The molecule has 0 saturated carbocycles. The summed E-state index contributed by atoms with van der Waals surface area (Å²) >= 11 is 6.16. The molecule has 0 spiro atoms. The van der Waals surface area contributed by atoms with Crippen molar-refractivity contribution in [2.24, 2.45) is 5.10 Å². The van der Waals surface area contributed by atoms with Gasteiger partial charge < -0.3 is 9.73 Å². The van der Waals surface area contributed by atoms with Gasteiger partial charge in [-0.1, -0.05) is 35.9 Å². The Morgan fingerprint density at radius 2 is 1.83 bits per heavy atom. The first-order chi connectivity index (χ1) is 14.0. The van der Waals surface area contributed by atoms with Crippen LogP contribution >= 0.6 is 11.6 Å². The van der Waals surface area contributed by atoms with Gasteiger partial charge in [0.05, 0.1) is 11.4 Å². The van der Waals surface area contributed by atoms with Crippen molar-refractivity contribution >= 4 is 34.6 Å². The number of aryl methyl sites for hydroxylation is 1. The van der Waals surface area contributed by atoms with E-state index >= 15 is 0 Å². The van der Waals surface area contributed by atoms with Crippen molar-refractivity contribution in [2.75, 3.05) is 10.7 Å². The molecular weight excluding hydrogens is 386 g/mol. The Balaban J connectivity index is 1.62. The Kier molecular flexibility index (Phi) is 5.41. The standard InChI is InChI=1S/C23H22ClN3O2/c1-14-17(24)10-6-11-18(14)25-23(28)22-15(2)21-19(12-7-13-20(21)29-22)27-26-16-8-4-3-5-9-16/h3-6,8-11,26H,7,12-13H2,1-2H3,(H,25,28)/b27-19+. The minimum Gasteiger partial charge on any atom is -0.455 e. The lowest BCUT2D eigenvalue weighted by Gasteiger charge is -2.13. The molecule has 0 aliphatic heterocycles. The van der Waals surface area contributed by atoms with Crippen molar-refractivity contribution in [1.82, 2.24) is 0 Å². The number of nitrogens with one attached hydrogen (secondary N) is 2. The Hall–Kier alpha value is -3.05. The molecule has 1 aromatic heterocycles. The summed E-state index contributed by atoms with van der Waals surface area (Å²) < 4.78 is 5.97. The zero-order valence-corrected chi connectivity index (χ0v) is 17.1. The third-order valence-corrected chi connectivity index (χ3v) is 5.55. The van der Waals surface area contributed by atoms with Gasteiger partial charge in [0.1, 0.15) is 5.76 Å². The molecule has 2 aromatic carbocycles. The van der Waals surface area contributed by atoms with Crippen LogP contribution in [-0.2, 0) is 6.42 Å². The SMILES string of the molecule is Cc1c(Cl)cccc1NC(=O)c1oc2c(c1C)/C(=N/Nc1ccccc1)CCC2. The second kappa shape index (κ2) is 8.13. The number of halogens is 1. The molecule has 3 aromatic rings. The molecule has 1 aliphatic carbocycles. The van der Waals surface area contributed by atoms with Gasteiger partial charge >= 0.3 is 0 Å². The molecule has 4 rings (SSSR count). The average molecular weight is 408 g/mol. The number of carbonyl (C=O) groups is 1. The summed E-state index contributed by atoms with van der Waals surface area (Å²) in [6.07, 6.45) is 2.56. The number of benzene rings is 2. The molecule has 0 fully saturated rings. The fraction of sp³-hybridized carbons (Fsp3) is 0.217. The van der Waals surface area contributed by atoms with E-state index in [1.54, 1.807) is 6.07 Å². The molecule has 0 atom stereocenters. The maximum Gasteiger partial charge on any atom is 0.291 e. The number of hydrogen-bond donors (Lipinski definition) is 2. The number of furan rings is 1. The number of amides is 1. The van der Waals surface area contributed by atoms with Crippen LogP contribution in [0.15, 0.2) is 58.0 Å². The highest BCUT2D eigenvalue weighted by Crippen LogP contribution is 2.31. The third kappa shape index (κ3) is 3.91. The van der Waals surface area contributed by atoms with Crippen molar-refractivity contribution in [3.05, 3.63) is 81.8 Å². The highest BCUT2D eigenvalue weighted by molar-refractivity contribution is 6.31. The molecule has 1 aliphatic rings. The van der Waals surface area contributed by atoms with Crippen molar-refractivity contribution in [3.63, 3.8) is 0 Å². The summed E-state index contributed by atoms with van der Waals surface area (Å²) in [5.74, 6) is 0.858. The maximum absolute atomic E-state index is 12.9. The molecule has 0 saturated heterocycles. The summed E-state index contributed by atoms with van der Waals surface area (Å²) in [7, 11) is 0. The Morgan fingerprint density at radius 3 is 2.62 bits per heavy atom. The summed E-state index contributed by atoms with van der Waals surface area (Å²) in [5, 5.41) is 8.12. The van der Waals surface area contributed by atoms with Gasteiger partial charge in [0.15, 0.2) is 5.76 Å². The van der Waals surface area contributed by atoms with E-state index in [4.69, 9.17) is 16.0 Å². The number of rotatable bonds is 4. The average Bonchev–Trinajstić information content (AvgIpc) is 3.08. The quantitative estimate of drug-likeness (QED) is 0.525. The van der Waals surface area contributed by atoms with E-state index in [-0.39, 0.29) is 5.91 Å². The fourth-order valence-electron chi connectivity index (χ4n) is 3.56. The lowest BCUT2D eigenvalue weighted by atomic mass is 9.93. The number of hydrazone groups is 1. The van der Waals surface area contributed by atoms with Crippen LogP contribution < -0.4 is 10.7 Å². The number of fused-ring (bicyclic) bond motifs is 1. The van der Waals surface area contributed by atoms with Crippen LogP contribution in [0.2, 0.25) is 5.02 Å². The third-order valence-electron chi connectivity index (χ3n) is 5.14. The number of anilines is 2. The van der Waals surface area contributed by atoms with Crippen molar-refractivity contribution in [1.29, 1.82) is 0 Å². The van der Waals surface area contributed by atoms with Gasteiger partial charge in [0.25, 0.3) is 5.91 Å². The Morgan fingerprint density at radius 1 is 1.03 bits per heavy atom. The number of carbonyl (C=O) groups excluding carboxylic acids is 1. The van der Waals surface area contributed by atoms with Gasteiger partial charge in [-0.2, -0.15) is 5.10 Å². The zero-order chi connectivity index (χ0) is 20.4. The zero-order valence-electron chi connectivity index (χ0n) is 16.4. The van der Waals surface area contributed by atoms with Gasteiger partial charge in [0.2, 0.25) is 0 Å². The molecule has 5 nitrogen and oxygen atoms in total. The highest BCUT2D eigenvalue weighted by atomic mass is 35.5. The molecule has 0 radical (unpaired) electrons. The van der Waals surface area contributed by atoms with Crippen LogP contribution in [0.4, 0.5) is 11.4 Å². The van der Waals surface area contributed by atoms with Crippen molar-refractivity contribution in [2.45, 2.75) is 33.1 Å². The van der Waals surface area contributed by atoms with Gasteiger partial charge in [-0.25, -0.2) is 0 Å². The molecule has 0 unspecified atom stereocenters. The van der Waals surface area contributed by atoms with Gasteiger partial charge in [-0.05, 0) is 56.5 Å². The minimum atomic E-state index is -0.280. The fourth-order valence-corrected chi connectivity index (χ4v) is 3.74. The Bertz CT molecular complexity index is 1090. The van der Waals surface area contributed by atoms with Gasteiger partial charge in [-0.15, -0.1) is 0 Å². The predicted octanol–water partition coefficient (Wildman–Crippen LogP) is 5.95. The van der Waals surface area contributed by atoms with Crippen LogP contribution in [-0.4, -0.2) is 11.6 Å². The first-order valence-electron chi connectivity index (χ1n) is 9.61. The van der Waals surface area contributed by atoms with E-state index < -0.39 is 0 Å². The normalized spacial score (nSPS) is 14.5. The van der Waals surface area contributed by atoms with E-state index in [2.05, 4.69) is 15.8 Å². The molecule has 0 bridgehead atoms. The molecule has 6 heteroatoms. The minimum absolute atomic E-state index is 0.280. The largest absolute Gasteiger partial charge is 0.455 e. The van der Waals surface area contributed by atoms with Crippen LogP contribution in [0, 0.1) is 13.8 Å². The second-order valence-electron chi connectivity index (χ2n) is 7.11. The van der Waals surface area contributed by atoms with Crippen molar-refractivity contribution in [3.8, 4) is 0 Å². The molecule has 1 heterocycles. The number of hydrogen-bond acceptors (Lipinski definition) is 4. The smallest absolute Gasteiger partial charge is 0.291 e. The summed E-state index contributed by atoms with van der Waals surface area (Å²) in [6, 6.07) is 15.2. The van der Waals surface area contributed by atoms with E-state index in [1.807, 2.05) is 56.3 Å². The number of para-hydroxylation sites is 1. The summed E-state index contributed by atoms with van der Waals surface area (Å²) in [5.41, 5.74) is 8.19. The lowest BCUT2D eigenvalue weighted by molar-refractivity contribution is 0.0994. The molecule has 1 amide bonds. The first-order valence-corrected chi connectivity index (χ1v) is 9.99. The topological polar surface area (TPSA) is 66.6 Å². The Labute approximate surface area is 174 Å². The van der Waals surface area contributed by atoms with Gasteiger partial charge in [0, 0.05) is 28.3 Å². The molecule has 2 N–H and O–H groups in total. The molecule has 29 heavy (non-hydrogen) atoms. The maximum atomic E-state index is 12.9.